The summed E-state index contributed by atoms with van der Waals surface area (Å²) in [6, 6.07) is 3.11. The molecule has 0 aliphatic heterocycles. The molecule has 0 aliphatic rings. The van der Waals surface area contributed by atoms with E-state index >= 15 is 0 Å². The molecule has 4 nitrogen and oxygen atoms in total. The number of carbonyl (C=O) groups excluding carboxylic acids is 1. The lowest BCUT2D eigenvalue weighted by Crippen LogP contribution is -2.27. The number of thiazole rings is 1. The van der Waals surface area contributed by atoms with Crippen LogP contribution in [-0.2, 0) is 6.54 Å². The Kier molecular flexibility index (Phi) is 4.39. The van der Waals surface area contributed by atoms with Gasteiger partial charge in [-0.25, -0.2) is 9.97 Å². The fraction of sp³-hybridized carbons (Fsp3) is 0.250. The maximum atomic E-state index is 12.2. The van der Waals surface area contributed by atoms with Gasteiger partial charge in [0, 0.05) is 18.1 Å². The highest BCUT2D eigenvalue weighted by atomic mass is 35.5. The van der Waals surface area contributed by atoms with Crippen LogP contribution in [0, 0.1) is 6.92 Å². The van der Waals surface area contributed by atoms with Crippen molar-refractivity contribution in [3.8, 4) is 0 Å². The second-order valence-electron chi connectivity index (χ2n) is 3.97. The second-order valence-corrected chi connectivity index (χ2v) is 6.08. The van der Waals surface area contributed by atoms with Crippen molar-refractivity contribution in [3.63, 3.8) is 0 Å². The smallest absolute Gasteiger partial charge is 0.274 e. The fourth-order valence-corrected chi connectivity index (χ4v) is 2.72. The predicted molar refractivity (Wildman–Crippen MR) is 76.9 cm³/mol. The fourth-order valence-electron chi connectivity index (χ4n) is 1.53. The van der Waals surface area contributed by atoms with Crippen molar-refractivity contribution in [1.82, 2.24) is 14.9 Å². The zero-order chi connectivity index (χ0) is 14.0. The molecular weight excluding hydrogens is 305 g/mol. The summed E-state index contributed by atoms with van der Waals surface area (Å²) < 4.78 is 0. The van der Waals surface area contributed by atoms with Crippen LogP contribution in [0.1, 0.15) is 20.4 Å². The molecule has 2 aromatic heterocycles. The SMILES string of the molecule is Cc1ncc(CN(C)C(=O)c2nc(Cl)ccc2Cl)s1. The zero-order valence-corrected chi connectivity index (χ0v) is 12.7. The zero-order valence-electron chi connectivity index (χ0n) is 10.4. The van der Waals surface area contributed by atoms with Gasteiger partial charge in [0.2, 0.25) is 0 Å². The van der Waals surface area contributed by atoms with Gasteiger partial charge in [-0.1, -0.05) is 23.2 Å². The summed E-state index contributed by atoms with van der Waals surface area (Å²) in [5.41, 5.74) is 0.165. The molecule has 0 atom stereocenters. The maximum Gasteiger partial charge on any atom is 0.274 e. The van der Waals surface area contributed by atoms with E-state index in [1.54, 1.807) is 36.7 Å². The third-order valence-corrected chi connectivity index (χ3v) is 3.84. The average molecular weight is 316 g/mol. The molecular formula is C12H11Cl2N3OS. The van der Waals surface area contributed by atoms with E-state index in [2.05, 4.69) is 9.97 Å². The van der Waals surface area contributed by atoms with E-state index in [-0.39, 0.29) is 16.8 Å². The summed E-state index contributed by atoms with van der Waals surface area (Å²) in [5, 5.41) is 1.51. The number of carbonyl (C=O) groups is 1. The highest BCUT2D eigenvalue weighted by molar-refractivity contribution is 7.11. The molecule has 0 bridgehead atoms. The molecule has 0 saturated heterocycles. The molecule has 2 rings (SSSR count). The standard InChI is InChI=1S/C12H11Cl2N3OS/c1-7-15-5-8(19-7)6-17(2)12(18)11-9(13)3-4-10(14)16-11/h3-5H,6H2,1-2H3. The Balaban J connectivity index is 2.16. The number of aryl methyl sites for hydroxylation is 1. The van der Waals surface area contributed by atoms with Gasteiger partial charge in [-0.2, -0.15) is 0 Å². The second kappa shape index (κ2) is 5.86. The number of pyridine rings is 1. The van der Waals surface area contributed by atoms with Gasteiger partial charge in [0.1, 0.15) is 10.8 Å². The molecule has 0 fully saturated rings. The molecule has 0 spiro atoms. The molecule has 7 heteroatoms. The molecule has 2 aromatic rings. The third-order valence-electron chi connectivity index (χ3n) is 2.42. The number of halogens is 2. The Morgan fingerprint density at radius 3 is 2.79 bits per heavy atom. The summed E-state index contributed by atoms with van der Waals surface area (Å²) in [5.74, 6) is -0.265. The van der Waals surface area contributed by atoms with Gasteiger partial charge < -0.3 is 4.90 Å². The van der Waals surface area contributed by atoms with Crippen molar-refractivity contribution in [1.29, 1.82) is 0 Å². The van der Waals surface area contributed by atoms with Crippen LogP contribution in [0.15, 0.2) is 18.3 Å². The van der Waals surface area contributed by atoms with Gasteiger partial charge in [-0.15, -0.1) is 11.3 Å². The van der Waals surface area contributed by atoms with Gasteiger partial charge in [-0.05, 0) is 19.1 Å². The van der Waals surface area contributed by atoms with E-state index in [9.17, 15) is 4.79 Å². The monoisotopic (exact) mass is 315 g/mol. The number of hydrogen-bond donors (Lipinski definition) is 0. The van der Waals surface area contributed by atoms with Crippen molar-refractivity contribution < 1.29 is 4.79 Å². The minimum Gasteiger partial charge on any atom is -0.335 e. The maximum absolute atomic E-state index is 12.2. The quantitative estimate of drug-likeness (QED) is 0.815. The lowest BCUT2D eigenvalue weighted by atomic mass is 10.3. The molecule has 0 aliphatic carbocycles. The van der Waals surface area contributed by atoms with Crippen molar-refractivity contribution >= 4 is 40.4 Å². The summed E-state index contributed by atoms with van der Waals surface area (Å²) in [7, 11) is 1.69. The molecule has 0 radical (unpaired) electrons. The molecule has 0 N–H and O–H groups in total. The molecule has 19 heavy (non-hydrogen) atoms. The van der Waals surface area contributed by atoms with Crippen LogP contribution in [0.3, 0.4) is 0 Å². The largest absolute Gasteiger partial charge is 0.335 e. The Labute approximate surface area is 125 Å². The van der Waals surface area contributed by atoms with Gasteiger partial charge in [0.25, 0.3) is 5.91 Å². The number of aromatic nitrogens is 2. The van der Waals surface area contributed by atoms with Crippen molar-refractivity contribution in [2.24, 2.45) is 0 Å². The van der Waals surface area contributed by atoms with Crippen LogP contribution in [0.25, 0.3) is 0 Å². The van der Waals surface area contributed by atoms with Crippen LogP contribution in [-0.4, -0.2) is 27.8 Å². The predicted octanol–water partition coefficient (Wildman–Crippen LogP) is 3.43. The van der Waals surface area contributed by atoms with E-state index in [1.165, 1.54) is 4.90 Å². The minimum atomic E-state index is -0.265. The first-order valence-electron chi connectivity index (χ1n) is 5.46. The average Bonchev–Trinajstić information content (AvgIpc) is 2.77. The van der Waals surface area contributed by atoms with Crippen LogP contribution >= 0.6 is 34.5 Å². The number of amides is 1. The first-order chi connectivity index (χ1) is 8.97. The van der Waals surface area contributed by atoms with Gasteiger partial charge in [-0.3, -0.25) is 4.79 Å². The Morgan fingerprint density at radius 1 is 1.42 bits per heavy atom. The molecule has 0 aromatic carbocycles. The Morgan fingerprint density at radius 2 is 2.16 bits per heavy atom. The van der Waals surface area contributed by atoms with E-state index in [0.717, 1.165) is 9.88 Å². The lowest BCUT2D eigenvalue weighted by molar-refractivity contribution is 0.0781. The summed E-state index contributed by atoms with van der Waals surface area (Å²) in [4.78, 5) is 22.9. The van der Waals surface area contributed by atoms with E-state index in [4.69, 9.17) is 23.2 Å². The number of hydrogen-bond acceptors (Lipinski definition) is 4. The Bertz CT molecular complexity index is 615. The molecule has 100 valence electrons. The van der Waals surface area contributed by atoms with Crippen LogP contribution in [0.2, 0.25) is 10.2 Å². The highest BCUT2D eigenvalue weighted by Gasteiger charge is 2.18. The third kappa shape index (κ3) is 3.43. The van der Waals surface area contributed by atoms with Crippen molar-refractivity contribution in [2.75, 3.05) is 7.05 Å². The first kappa shape index (κ1) is 14.2. The summed E-state index contributed by atoms with van der Waals surface area (Å²) in [6.45, 7) is 2.39. The minimum absolute atomic E-state index is 0.165. The van der Waals surface area contributed by atoms with E-state index < -0.39 is 0 Å². The van der Waals surface area contributed by atoms with Crippen LogP contribution in [0.5, 0.6) is 0 Å². The molecule has 0 saturated carbocycles. The first-order valence-corrected chi connectivity index (χ1v) is 7.03. The van der Waals surface area contributed by atoms with Crippen LogP contribution < -0.4 is 0 Å². The van der Waals surface area contributed by atoms with Crippen molar-refractivity contribution in [3.05, 3.63) is 44.1 Å². The summed E-state index contributed by atoms with van der Waals surface area (Å²) >= 11 is 13.3. The number of nitrogens with zero attached hydrogens (tertiary/aromatic N) is 3. The molecule has 0 unspecified atom stereocenters. The topological polar surface area (TPSA) is 46.1 Å². The molecule has 2 heterocycles. The highest BCUT2D eigenvalue weighted by Crippen LogP contribution is 2.20. The van der Waals surface area contributed by atoms with Gasteiger partial charge >= 0.3 is 0 Å². The lowest BCUT2D eigenvalue weighted by Gasteiger charge is -2.16. The summed E-state index contributed by atoms with van der Waals surface area (Å²) in [6.07, 6.45) is 1.76. The van der Waals surface area contributed by atoms with E-state index in [1.807, 2.05) is 6.92 Å². The van der Waals surface area contributed by atoms with Crippen molar-refractivity contribution in [2.45, 2.75) is 13.5 Å². The van der Waals surface area contributed by atoms with Gasteiger partial charge in [0.05, 0.1) is 16.6 Å². The van der Waals surface area contributed by atoms with Crippen LogP contribution in [0.4, 0.5) is 0 Å². The Hall–Kier alpha value is -1.17. The van der Waals surface area contributed by atoms with Gasteiger partial charge in [0.15, 0.2) is 0 Å². The van der Waals surface area contributed by atoms with E-state index in [0.29, 0.717) is 11.6 Å². The number of rotatable bonds is 3. The molecule has 1 amide bonds. The normalized spacial score (nSPS) is 10.5.